The molecule has 1 radical (unpaired) electrons. The van der Waals surface area contributed by atoms with E-state index in [1.54, 1.807) is 18.8 Å². The molecule has 0 bridgehead atoms. The van der Waals surface area contributed by atoms with Crippen LogP contribution in [0.1, 0.15) is 19.3 Å². The van der Waals surface area contributed by atoms with Crippen LogP contribution in [0.3, 0.4) is 0 Å². The van der Waals surface area contributed by atoms with E-state index in [2.05, 4.69) is 15.2 Å². The van der Waals surface area contributed by atoms with E-state index in [9.17, 15) is 0 Å². The van der Waals surface area contributed by atoms with Gasteiger partial charge in [-0.3, -0.25) is 0 Å². The van der Waals surface area contributed by atoms with Crippen LogP contribution in [-0.2, 0) is 0 Å². The van der Waals surface area contributed by atoms with Crippen LogP contribution < -0.4 is 0 Å². The lowest BCUT2D eigenvalue weighted by molar-refractivity contribution is 0.284. The Morgan fingerprint density at radius 2 is 2.29 bits per heavy atom. The van der Waals surface area contributed by atoms with Crippen molar-refractivity contribution in [2.24, 2.45) is 10.2 Å². The minimum absolute atomic E-state index is 0.241. The molecule has 0 amide bonds. The molecule has 75 valence electrons. The fraction of sp³-hybridized carbons (Fsp3) is 0.400. The molecule has 0 saturated carbocycles. The first kappa shape index (κ1) is 10.8. The summed E-state index contributed by atoms with van der Waals surface area (Å²) in [5.41, 5.74) is 0. The van der Waals surface area contributed by atoms with Gasteiger partial charge in [0.15, 0.2) is 5.82 Å². The van der Waals surface area contributed by atoms with E-state index in [-0.39, 0.29) is 6.61 Å². The highest BCUT2D eigenvalue weighted by Crippen LogP contribution is 2.07. The topological polar surface area (TPSA) is 57.8 Å². The molecule has 0 saturated heterocycles. The zero-order valence-corrected chi connectivity index (χ0v) is 8.00. The molecule has 0 aliphatic carbocycles. The summed E-state index contributed by atoms with van der Waals surface area (Å²) in [6.07, 6.45) is 4.28. The highest BCUT2D eigenvalue weighted by molar-refractivity contribution is 5.23. The van der Waals surface area contributed by atoms with E-state index in [4.69, 9.17) is 5.11 Å². The summed E-state index contributed by atoms with van der Waals surface area (Å²) in [7, 11) is 0. The molecule has 0 unspecified atom stereocenters. The largest absolute Gasteiger partial charge is 0.396 e. The smallest absolute Gasteiger partial charge is 0.173 e. The number of unbranched alkanes of at least 4 members (excludes halogenated alkanes) is 2. The van der Waals surface area contributed by atoms with Crippen molar-refractivity contribution >= 4 is 5.82 Å². The average Bonchev–Trinajstić information content (AvgIpc) is 2.25. The molecule has 0 spiro atoms. The van der Waals surface area contributed by atoms with E-state index in [0.29, 0.717) is 5.82 Å². The number of azo groups is 1. The molecule has 1 N–H and O–H groups in total. The molecule has 0 aliphatic rings. The second-order valence-corrected chi connectivity index (χ2v) is 2.81. The highest BCUT2D eigenvalue weighted by Gasteiger charge is 1.88. The van der Waals surface area contributed by atoms with Gasteiger partial charge in [-0.25, -0.2) is 4.98 Å². The zero-order valence-electron chi connectivity index (χ0n) is 8.00. The third-order valence-corrected chi connectivity index (χ3v) is 1.63. The number of nitrogens with zero attached hydrogens (tertiary/aromatic N) is 3. The van der Waals surface area contributed by atoms with Crippen molar-refractivity contribution in [3.63, 3.8) is 0 Å². The molecule has 0 atom stereocenters. The lowest BCUT2D eigenvalue weighted by Crippen LogP contribution is -1.81. The summed E-state index contributed by atoms with van der Waals surface area (Å²) >= 11 is 0. The third kappa shape index (κ3) is 4.67. The molecule has 1 rings (SSSR count). The van der Waals surface area contributed by atoms with Crippen molar-refractivity contribution in [3.05, 3.63) is 30.9 Å². The maximum Gasteiger partial charge on any atom is 0.173 e. The number of aliphatic hydroxyl groups is 1. The summed E-state index contributed by atoms with van der Waals surface area (Å²) in [5, 5.41) is 16.3. The van der Waals surface area contributed by atoms with E-state index < -0.39 is 0 Å². The molecule has 1 aromatic rings. The van der Waals surface area contributed by atoms with Gasteiger partial charge < -0.3 is 5.11 Å². The Bertz CT molecular complexity index is 261. The van der Waals surface area contributed by atoms with Gasteiger partial charge in [0.2, 0.25) is 0 Å². The molecular formula is C10H14N3O. The first-order valence-electron chi connectivity index (χ1n) is 4.68. The fourth-order valence-electron chi connectivity index (χ4n) is 0.918. The van der Waals surface area contributed by atoms with Crippen LogP contribution in [0.15, 0.2) is 34.6 Å². The second-order valence-electron chi connectivity index (χ2n) is 2.81. The van der Waals surface area contributed by atoms with Crippen molar-refractivity contribution < 1.29 is 5.11 Å². The Kier molecular flexibility index (Phi) is 5.51. The van der Waals surface area contributed by atoms with Crippen molar-refractivity contribution in [3.8, 4) is 0 Å². The molecule has 4 nitrogen and oxygen atoms in total. The minimum atomic E-state index is 0.241. The first-order valence-corrected chi connectivity index (χ1v) is 4.68. The van der Waals surface area contributed by atoms with Gasteiger partial charge in [-0.2, -0.15) is 5.11 Å². The van der Waals surface area contributed by atoms with Gasteiger partial charge >= 0.3 is 0 Å². The molecule has 0 aliphatic heterocycles. The summed E-state index contributed by atoms with van der Waals surface area (Å²) in [6.45, 7) is 1.98. The minimum Gasteiger partial charge on any atom is -0.396 e. The van der Waals surface area contributed by atoms with Crippen LogP contribution in [-0.4, -0.2) is 16.7 Å². The maximum atomic E-state index is 8.52. The molecular weight excluding hydrogens is 178 g/mol. The lowest BCUT2D eigenvalue weighted by atomic mass is 10.2. The van der Waals surface area contributed by atoms with Crippen molar-refractivity contribution in [1.82, 2.24) is 4.98 Å². The zero-order chi connectivity index (χ0) is 10.1. The normalized spacial score (nSPS) is 10.9. The van der Waals surface area contributed by atoms with E-state index in [1.807, 2.05) is 12.1 Å². The highest BCUT2D eigenvalue weighted by atomic mass is 16.2. The Balaban J connectivity index is 2.15. The molecule has 1 aromatic heterocycles. The van der Waals surface area contributed by atoms with Gasteiger partial charge in [-0.05, 0) is 31.4 Å². The Morgan fingerprint density at radius 1 is 1.36 bits per heavy atom. The number of pyridine rings is 1. The van der Waals surface area contributed by atoms with Crippen LogP contribution >= 0.6 is 0 Å². The van der Waals surface area contributed by atoms with Crippen LogP contribution in [0, 0.1) is 6.54 Å². The number of hydrogen-bond acceptors (Lipinski definition) is 4. The molecule has 4 heteroatoms. The summed E-state index contributed by atoms with van der Waals surface area (Å²) < 4.78 is 0. The SMILES string of the molecule is OCCCC[CH]N=Nc1ccccn1. The van der Waals surface area contributed by atoms with Gasteiger partial charge in [-0.1, -0.05) is 6.07 Å². The molecule has 0 fully saturated rings. The van der Waals surface area contributed by atoms with Crippen LogP contribution in [0.4, 0.5) is 5.82 Å². The number of aliphatic hydroxyl groups excluding tert-OH is 1. The lowest BCUT2D eigenvalue weighted by Gasteiger charge is -1.92. The van der Waals surface area contributed by atoms with Crippen molar-refractivity contribution in [1.29, 1.82) is 0 Å². The van der Waals surface area contributed by atoms with E-state index in [1.165, 1.54) is 0 Å². The monoisotopic (exact) mass is 192 g/mol. The molecule has 0 aromatic carbocycles. The number of rotatable bonds is 6. The predicted molar refractivity (Wildman–Crippen MR) is 54.0 cm³/mol. The van der Waals surface area contributed by atoms with Crippen molar-refractivity contribution in [2.75, 3.05) is 6.61 Å². The maximum absolute atomic E-state index is 8.52. The Labute approximate surface area is 83.7 Å². The van der Waals surface area contributed by atoms with Gasteiger partial charge in [0.25, 0.3) is 0 Å². The average molecular weight is 192 g/mol. The standard InChI is InChI=1S/C10H14N3O/c14-9-5-1-3-8-12-13-10-6-2-4-7-11-10/h2,4,6-8,14H,1,3,5,9H2. The van der Waals surface area contributed by atoms with E-state index >= 15 is 0 Å². The second kappa shape index (κ2) is 7.15. The van der Waals surface area contributed by atoms with Crippen molar-refractivity contribution in [2.45, 2.75) is 19.3 Å². The molecule has 1 heterocycles. The van der Waals surface area contributed by atoms with Crippen LogP contribution in [0.2, 0.25) is 0 Å². The first-order chi connectivity index (χ1) is 6.93. The quantitative estimate of drug-likeness (QED) is 0.556. The third-order valence-electron chi connectivity index (χ3n) is 1.63. The van der Waals surface area contributed by atoms with Crippen LogP contribution in [0.5, 0.6) is 0 Å². The molecule has 14 heavy (non-hydrogen) atoms. The van der Waals surface area contributed by atoms with E-state index in [0.717, 1.165) is 19.3 Å². The number of hydrogen-bond donors (Lipinski definition) is 1. The summed E-state index contributed by atoms with van der Waals surface area (Å²) in [4.78, 5) is 3.99. The van der Waals surface area contributed by atoms with Gasteiger partial charge in [0, 0.05) is 12.8 Å². The summed E-state index contributed by atoms with van der Waals surface area (Å²) in [6, 6.07) is 5.50. The van der Waals surface area contributed by atoms with Gasteiger partial charge in [0.1, 0.15) is 0 Å². The summed E-state index contributed by atoms with van der Waals surface area (Å²) in [5.74, 6) is 0.617. The van der Waals surface area contributed by atoms with Crippen LogP contribution in [0.25, 0.3) is 0 Å². The Hall–Kier alpha value is -1.29. The van der Waals surface area contributed by atoms with Gasteiger partial charge in [0.05, 0.1) is 6.54 Å². The number of aromatic nitrogens is 1. The van der Waals surface area contributed by atoms with Gasteiger partial charge in [-0.15, -0.1) is 5.11 Å². The fourth-order valence-corrected chi connectivity index (χ4v) is 0.918. The Morgan fingerprint density at radius 3 is 3.00 bits per heavy atom. The predicted octanol–water partition coefficient (Wildman–Crippen LogP) is 2.49.